The van der Waals surface area contributed by atoms with E-state index in [9.17, 15) is 19.2 Å². The molecule has 2 aromatic rings. The van der Waals surface area contributed by atoms with Gasteiger partial charge in [0.2, 0.25) is 0 Å². The second-order valence-electron chi connectivity index (χ2n) is 16.7. The van der Waals surface area contributed by atoms with Crippen LogP contribution in [0.1, 0.15) is 122 Å². The molecule has 0 saturated carbocycles. The second kappa shape index (κ2) is 17.6. The van der Waals surface area contributed by atoms with Crippen LogP contribution < -0.4 is 18.9 Å². The van der Waals surface area contributed by atoms with E-state index in [4.69, 9.17) is 44.9 Å². The number of amides is 2. The molecule has 2 aliphatic heterocycles. The quantitative estimate of drug-likeness (QED) is 0.254. The fraction of sp³-hybridized carbons (Fsp3) is 0.591. The molecule has 1 atom stereocenters. The van der Waals surface area contributed by atoms with E-state index in [0.29, 0.717) is 74.1 Å². The fourth-order valence-corrected chi connectivity index (χ4v) is 7.58. The molecule has 56 heavy (non-hydrogen) atoms. The van der Waals surface area contributed by atoms with Crippen molar-refractivity contribution in [3.63, 3.8) is 0 Å². The highest BCUT2D eigenvalue weighted by Crippen LogP contribution is 2.40. The minimum absolute atomic E-state index is 0.0862. The SMILES string of the molecule is [2H]C([2H])([2H])Oc1cc2c(cc1OC([2H])([2H])[2H])C(=O)/C(=C\C1CCN(C(=O)OC(C)(C)C)CC1)C2.[2H]C([2H])([2H])Oc1cc2c(cc1OC([2H])([2H])[2H])C(=O)C(CC1CCN(C(=O)OC(C)(C)C)CC1)C2. The van der Waals surface area contributed by atoms with Crippen LogP contribution >= 0.6 is 0 Å². The van der Waals surface area contributed by atoms with Crippen molar-refractivity contribution < 1.29 is 64.0 Å². The Kier molecular flexibility index (Phi) is 8.99. The Hall–Kier alpha value is -4.74. The number of ether oxygens (including phenoxy) is 6. The molecule has 2 aromatic carbocycles. The predicted octanol–water partition coefficient (Wildman–Crippen LogP) is 8.11. The number of piperidine rings is 2. The number of methoxy groups -OCH3 is 4. The van der Waals surface area contributed by atoms with Gasteiger partial charge in [-0.25, -0.2) is 9.59 Å². The van der Waals surface area contributed by atoms with Crippen LogP contribution in [0.2, 0.25) is 0 Å². The molecule has 2 amide bonds. The summed E-state index contributed by atoms with van der Waals surface area (Å²) in [6, 6.07) is 5.26. The lowest BCUT2D eigenvalue weighted by molar-refractivity contribution is 0.0171. The molecule has 1 unspecified atom stereocenters. The lowest BCUT2D eigenvalue weighted by Crippen LogP contribution is -2.42. The van der Waals surface area contributed by atoms with E-state index in [1.54, 1.807) is 9.80 Å². The van der Waals surface area contributed by atoms with E-state index in [1.807, 2.05) is 47.6 Å². The van der Waals surface area contributed by atoms with Crippen molar-refractivity contribution in [3.8, 4) is 23.0 Å². The Morgan fingerprint density at radius 3 is 1.66 bits per heavy atom. The van der Waals surface area contributed by atoms with Crippen LogP contribution in [0.25, 0.3) is 0 Å². The van der Waals surface area contributed by atoms with Crippen molar-refractivity contribution >= 4 is 23.8 Å². The lowest BCUT2D eigenvalue weighted by atomic mass is 9.85. The van der Waals surface area contributed by atoms with Crippen LogP contribution in [0, 0.1) is 17.8 Å². The number of fused-ring (bicyclic) bond motifs is 2. The second-order valence-corrected chi connectivity index (χ2v) is 16.7. The molecule has 0 N–H and O–H groups in total. The molecule has 2 aliphatic carbocycles. The van der Waals surface area contributed by atoms with Crippen LogP contribution in [0.15, 0.2) is 35.9 Å². The summed E-state index contributed by atoms with van der Waals surface area (Å²) in [6.07, 6.45) is 5.35. The molecular formula is C44H60N2O10. The van der Waals surface area contributed by atoms with Crippen molar-refractivity contribution in [2.75, 3.05) is 54.3 Å². The minimum Gasteiger partial charge on any atom is -0.493 e. The number of nitrogens with zero attached hydrogens (tertiary/aromatic N) is 2. The summed E-state index contributed by atoms with van der Waals surface area (Å²) in [5.41, 5.74) is 1.15. The van der Waals surface area contributed by atoms with Gasteiger partial charge in [-0.1, -0.05) is 6.08 Å². The number of likely N-dealkylation sites (tertiary alicyclic amines) is 2. The van der Waals surface area contributed by atoms with Gasteiger partial charge in [0.05, 0.1) is 44.6 Å². The first kappa shape index (κ1) is 28.6. The first-order chi connectivity index (χ1) is 31.0. The maximum Gasteiger partial charge on any atom is 0.410 e. The molecule has 0 spiro atoms. The van der Waals surface area contributed by atoms with E-state index in [2.05, 4.69) is 0 Å². The molecule has 0 aromatic heterocycles. The van der Waals surface area contributed by atoms with Crippen molar-refractivity contribution in [1.29, 1.82) is 0 Å². The van der Waals surface area contributed by atoms with Crippen LogP contribution in [-0.4, -0.2) is 99.1 Å². The molecule has 0 bridgehead atoms. The van der Waals surface area contributed by atoms with Gasteiger partial charge in [-0.05, 0) is 127 Å². The average molecular weight is 789 g/mol. The molecule has 306 valence electrons. The predicted molar refractivity (Wildman–Crippen MR) is 212 cm³/mol. The maximum atomic E-state index is 13.1. The van der Waals surface area contributed by atoms with Gasteiger partial charge < -0.3 is 38.2 Å². The third-order valence-electron chi connectivity index (χ3n) is 10.3. The molecule has 2 heterocycles. The fourth-order valence-electron chi connectivity index (χ4n) is 7.58. The molecule has 0 radical (unpaired) electrons. The zero-order valence-corrected chi connectivity index (χ0v) is 32.9. The molecule has 12 heteroatoms. The molecular weight excluding hydrogens is 716 g/mol. The molecule has 6 rings (SSSR count). The largest absolute Gasteiger partial charge is 0.493 e. The minimum atomic E-state index is -2.84. The van der Waals surface area contributed by atoms with Gasteiger partial charge in [0.1, 0.15) is 11.2 Å². The average Bonchev–Trinajstić information content (AvgIpc) is 3.61. The Balaban J connectivity index is 0.000000254. The van der Waals surface area contributed by atoms with Gasteiger partial charge in [0, 0.05) is 55.2 Å². The topological polar surface area (TPSA) is 130 Å². The van der Waals surface area contributed by atoms with E-state index in [0.717, 1.165) is 12.8 Å². The zero-order valence-electron chi connectivity index (χ0n) is 44.9. The smallest absolute Gasteiger partial charge is 0.410 e. The summed E-state index contributed by atoms with van der Waals surface area (Å²) in [5.74, 6) is -1.47. The number of allylic oxidation sites excluding steroid dienone is 2. The molecule has 12 nitrogen and oxygen atoms in total. The van der Waals surface area contributed by atoms with Gasteiger partial charge in [0.25, 0.3) is 0 Å². The number of benzene rings is 2. The number of Topliss-reactive ketones (excluding diaryl/α,β-unsaturated/α-hetero) is 2. The van der Waals surface area contributed by atoms with Gasteiger partial charge in [-0.2, -0.15) is 0 Å². The summed E-state index contributed by atoms with van der Waals surface area (Å²) < 4.78 is 119. The van der Waals surface area contributed by atoms with Crippen molar-refractivity contribution in [2.45, 2.75) is 97.7 Å². The number of ketones is 2. The Bertz CT molecular complexity index is 2230. The van der Waals surface area contributed by atoms with Crippen LogP contribution in [0.4, 0.5) is 9.59 Å². The number of rotatable bonds is 7. The molecule has 4 aliphatic rings. The highest BCUT2D eigenvalue weighted by Gasteiger charge is 2.36. The third kappa shape index (κ3) is 10.4. The first-order valence-electron chi connectivity index (χ1n) is 24.9. The highest BCUT2D eigenvalue weighted by molar-refractivity contribution is 6.13. The van der Waals surface area contributed by atoms with Crippen LogP contribution in [-0.2, 0) is 22.3 Å². The molecule has 2 fully saturated rings. The number of carbonyl (C=O) groups excluding carboxylic acids is 4. The van der Waals surface area contributed by atoms with Crippen LogP contribution in [0.5, 0.6) is 23.0 Å². The van der Waals surface area contributed by atoms with Crippen molar-refractivity contribution in [2.24, 2.45) is 17.8 Å². The van der Waals surface area contributed by atoms with Gasteiger partial charge >= 0.3 is 12.2 Å². The first-order valence-corrected chi connectivity index (χ1v) is 18.9. The Labute approximate surface area is 348 Å². The van der Waals surface area contributed by atoms with Gasteiger partial charge in [0.15, 0.2) is 34.6 Å². The van der Waals surface area contributed by atoms with Gasteiger partial charge in [-0.3, -0.25) is 9.59 Å². The summed E-state index contributed by atoms with van der Waals surface area (Å²) >= 11 is 0. The van der Waals surface area contributed by atoms with E-state index < -0.39 is 39.4 Å². The highest BCUT2D eigenvalue weighted by atomic mass is 16.6. The number of hydrogen-bond donors (Lipinski definition) is 0. The number of carbonyl (C=O) groups is 4. The normalized spacial score (nSPS) is 23.6. The van der Waals surface area contributed by atoms with Gasteiger partial charge in [-0.15, -0.1) is 0 Å². The summed E-state index contributed by atoms with van der Waals surface area (Å²) in [4.78, 5) is 54.0. The lowest BCUT2D eigenvalue weighted by Gasteiger charge is -2.34. The number of hydrogen-bond acceptors (Lipinski definition) is 10. The summed E-state index contributed by atoms with van der Waals surface area (Å²) in [6.45, 7) is 13.0. The zero-order chi connectivity index (χ0) is 50.9. The third-order valence-corrected chi connectivity index (χ3v) is 10.3. The van der Waals surface area contributed by atoms with Crippen molar-refractivity contribution in [3.05, 3.63) is 58.2 Å². The van der Waals surface area contributed by atoms with E-state index >= 15 is 0 Å². The summed E-state index contributed by atoms with van der Waals surface area (Å²) in [7, 11) is -11.3. The molecule has 2 saturated heterocycles. The monoisotopic (exact) mass is 789 g/mol. The van der Waals surface area contributed by atoms with Crippen LogP contribution in [0.3, 0.4) is 0 Å². The Morgan fingerprint density at radius 1 is 0.696 bits per heavy atom. The van der Waals surface area contributed by atoms with E-state index in [-0.39, 0.29) is 76.5 Å². The standard InChI is InChI=1S/C22H31NO5.C22H29NO5/c2*1-22(2,3)28-21(25)23-8-6-14(7-9-23)10-16-11-15-12-18(26-4)19(27-5)13-17(15)20(16)24/h12-14,16H,6-11H2,1-5H3;10,12-14H,6-9,11H2,1-5H3/b;16-10-/i2*4D3,5D3. The maximum absolute atomic E-state index is 13.1. The Morgan fingerprint density at radius 2 is 1.16 bits per heavy atom. The summed E-state index contributed by atoms with van der Waals surface area (Å²) in [5, 5.41) is 0. The van der Waals surface area contributed by atoms with E-state index in [1.165, 1.54) is 24.3 Å². The van der Waals surface area contributed by atoms with Crippen molar-refractivity contribution in [1.82, 2.24) is 9.80 Å².